The van der Waals surface area contributed by atoms with Gasteiger partial charge in [-0.1, -0.05) is 50.3 Å². The van der Waals surface area contributed by atoms with Gasteiger partial charge in [0, 0.05) is 11.0 Å². The van der Waals surface area contributed by atoms with Crippen LogP contribution in [0.5, 0.6) is 0 Å². The van der Waals surface area contributed by atoms with Crippen molar-refractivity contribution in [2.24, 2.45) is 11.3 Å². The highest BCUT2D eigenvalue weighted by Gasteiger charge is 2.41. The molecule has 0 spiro atoms. The van der Waals surface area contributed by atoms with Gasteiger partial charge in [-0.2, -0.15) is 0 Å². The lowest BCUT2D eigenvalue weighted by Crippen LogP contribution is -2.38. The molecule has 1 unspecified atom stereocenters. The molecule has 0 radical (unpaired) electrons. The largest absolute Gasteiger partial charge is 0.468 e. The average Bonchev–Trinajstić information content (AvgIpc) is 2.53. The molecule has 5 heteroatoms. The number of Topliss-reactive ketones (excluding diaryl/α,β-unsaturated/α-hetero) is 1. The van der Waals surface area contributed by atoms with Gasteiger partial charge >= 0.3 is 11.9 Å². The van der Waals surface area contributed by atoms with E-state index in [2.05, 4.69) is 11.3 Å². The zero-order valence-corrected chi connectivity index (χ0v) is 13.0. The van der Waals surface area contributed by atoms with E-state index in [1.54, 1.807) is 44.2 Å². The summed E-state index contributed by atoms with van der Waals surface area (Å²) in [5.41, 5.74) is -0.409. The molecule has 0 N–H and O–H groups in total. The topological polar surface area (TPSA) is 69.7 Å². The Morgan fingerprint density at radius 1 is 1.18 bits per heavy atom. The summed E-state index contributed by atoms with van der Waals surface area (Å²) in [6.45, 7) is 6.52. The Balaban J connectivity index is 2.78. The van der Waals surface area contributed by atoms with Crippen LogP contribution in [0.4, 0.5) is 0 Å². The van der Waals surface area contributed by atoms with Crippen molar-refractivity contribution in [1.82, 2.24) is 0 Å². The van der Waals surface area contributed by atoms with E-state index in [0.29, 0.717) is 5.56 Å². The Bertz CT molecular complexity index is 560. The molecule has 0 aliphatic rings. The van der Waals surface area contributed by atoms with Crippen LogP contribution in [0.1, 0.15) is 24.2 Å². The Hall–Kier alpha value is -2.43. The summed E-state index contributed by atoms with van der Waals surface area (Å²) in [5.74, 6) is -3.03. The summed E-state index contributed by atoms with van der Waals surface area (Å²) < 4.78 is 9.64. The van der Waals surface area contributed by atoms with Gasteiger partial charge < -0.3 is 9.47 Å². The van der Waals surface area contributed by atoms with Gasteiger partial charge in [0.05, 0.1) is 7.11 Å². The zero-order chi connectivity index (χ0) is 16.8. The minimum absolute atomic E-state index is 0.339. The number of allylic oxidation sites excluding steroid dienone is 1. The van der Waals surface area contributed by atoms with Gasteiger partial charge in [-0.15, -0.1) is 6.58 Å². The fraction of sp³-hybridized carbons (Fsp3) is 0.353. The predicted octanol–water partition coefficient (Wildman–Crippen LogP) is 2.41. The second kappa shape index (κ2) is 7.54. The molecule has 0 fully saturated rings. The lowest BCUT2D eigenvalue weighted by atomic mass is 9.79. The lowest BCUT2D eigenvalue weighted by molar-refractivity contribution is -0.164. The zero-order valence-electron chi connectivity index (χ0n) is 13.0. The summed E-state index contributed by atoms with van der Waals surface area (Å²) in [5, 5.41) is 0. The highest BCUT2D eigenvalue weighted by atomic mass is 16.6. The summed E-state index contributed by atoms with van der Waals surface area (Å²) in [6, 6.07) is 8.46. The van der Waals surface area contributed by atoms with Gasteiger partial charge in [0.15, 0.2) is 18.3 Å². The predicted molar refractivity (Wildman–Crippen MR) is 81.2 cm³/mol. The van der Waals surface area contributed by atoms with E-state index in [0.717, 1.165) is 0 Å². The van der Waals surface area contributed by atoms with Crippen molar-refractivity contribution >= 4 is 17.7 Å². The van der Waals surface area contributed by atoms with Gasteiger partial charge in [-0.3, -0.25) is 14.4 Å². The number of carbonyl (C=O) groups is 3. The fourth-order valence-electron chi connectivity index (χ4n) is 1.87. The molecule has 0 aliphatic carbocycles. The van der Waals surface area contributed by atoms with Gasteiger partial charge in [0.2, 0.25) is 0 Å². The number of esters is 2. The maximum absolute atomic E-state index is 12.2. The van der Waals surface area contributed by atoms with Crippen molar-refractivity contribution in [2.75, 3.05) is 13.7 Å². The maximum atomic E-state index is 12.2. The van der Waals surface area contributed by atoms with Gasteiger partial charge in [-0.25, -0.2) is 0 Å². The molecular weight excluding hydrogens is 284 g/mol. The number of rotatable bonds is 7. The van der Waals surface area contributed by atoms with E-state index in [9.17, 15) is 14.4 Å². The number of carbonyl (C=O) groups excluding carboxylic acids is 3. The summed E-state index contributed by atoms with van der Waals surface area (Å²) in [7, 11) is 1.19. The summed E-state index contributed by atoms with van der Waals surface area (Å²) >= 11 is 0. The normalized spacial score (nSPS) is 12.1. The molecule has 0 amide bonds. The first kappa shape index (κ1) is 17.6. The highest BCUT2D eigenvalue weighted by Crippen LogP contribution is 2.30. The average molecular weight is 304 g/mol. The molecule has 1 aromatic rings. The first-order valence-corrected chi connectivity index (χ1v) is 6.79. The third-order valence-electron chi connectivity index (χ3n) is 3.38. The molecule has 0 saturated carbocycles. The molecule has 5 nitrogen and oxygen atoms in total. The standard InChI is InChI=1S/C17H20O5/c1-5-17(2,3)14(15(19)21-4)16(20)22-11-13(18)12-9-7-6-8-10-12/h5-10,14H,1,11H2,2-4H3. The molecule has 1 atom stereocenters. The van der Waals surface area contributed by atoms with Crippen LogP contribution in [0.15, 0.2) is 43.0 Å². The lowest BCUT2D eigenvalue weighted by Gasteiger charge is -2.27. The number of ketones is 1. The molecule has 1 aromatic carbocycles. The maximum Gasteiger partial charge on any atom is 0.321 e. The second-order valence-electron chi connectivity index (χ2n) is 5.38. The molecule has 1 rings (SSSR count). The molecule has 0 heterocycles. The Kier molecular flexibility index (Phi) is 6.04. The molecule has 118 valence electrons. The van der Waals surface area contributed by atoms with Crippen LogP contribution in [0, 0.1) is 11.3 Å². The number of benzene rings is 1. The summed E-state index contributed by atoms with van der Waals surface area (Å²) in [6.07, 6.45) is 1.48. The molecular formula is C17H20O5. The number of hydrogen-bond acceptors (Lipinski definition) is 5. The van der Waals surface area contributed by atoms with Crippen LogP contribution in [-0.2, 0) is 19.1 Å². The highest BCUT2D eigenvalue weighted by molar-refractivity contribution is 6.00. The minimum Gasteiger partial charge on any atom is -0.468 e. The third kappa shape index (κ3) is 4.28. The van der Waals surface area contributed by atoms with E-state index in [-0.39, 0.29) is 5.78 Å². The van der Waals surface area contributed by atoms with Crippen molar-refractivity contribution in [1.29, 1.82) is 0 Å². The number of hydrogen-bond donors (Lipinski definition) is 0. The Morgan fingerprint density at radius 2 is 1.77 bits per heavy atom. The van der Waals surface area contributed by atoms with Crippen LogP contribution in [0.3, 0.4) is 0 Å². The monoisotopic (exact) mass is 304 g/mol. The molecule has 0 saturated heterocycles. The van der Waals surface area contributed by atoms with Crippen molar-refractivity contribution < 1.29 is 23.9 Å². The third-order valence-corrected chi connectivity index (χ3v) is 3.38. The Morgan fingerprint density at radius 3 is 2.27 bits per heavy atom. The van der Waals surface area contributed by atoms with Gasteiger partial charge in [-0.05, 0) is 0 Å². The second-order valence-corrected chi connectivity index (χ2v) is 5.38. The van der Waals surface area contributed by atoms with E-state index >= 15 is 0 Å². The van der Waals surface area contributed by atoms with Crippen molar-refractivity contribution in [3.8, 4) is 0 Å². The molecule has 22 heavy (non-hydrogen) atoms. The molecule has 0 aliphatic heterocycles. The first-order valence-electron chi connectivity index (χ1n) is 6.79. The Labute approximate surface area is 129 Å². The van der Waals surface area contributed by atoms with E-state index in [1.165, 1.54) is 13.2 Å². The van der Waals surface area contributed by atoms with Crippen molar-refractivity contribution in [3.63, 3.8) is 0 Å². The van der Waals surface area contributed by atoms with Gasteiger partial charge in [0.1, 0.15) is 0 Å². The van der Waals surface area contributed by atoms with Crippen LogP contribution in [0.25, 0.3) is 0 Å². The SMILES string of the molecule is C=CC(C)(C)C(C(=O)OC)C(=O)OCC(=O)c1ccccc1. The quantitative estimate of drug-likeness (QED) is 0.335. The van der Waals surface area contributed by atoms with Crippen LogP contribution in [-0.4, -0.2) is 31.4 Å². The fourth-order valence-corrected chi connectivity index (χ4v) is 1.87. The minimum atomic E-state index is -1.17. The first-order chi connectivity index (χ1) is 10.3. The number of ether oxygens (including phenoxy) is 2. The van der Waals surface area contributed by atoms with E-state index < -0.39 is 29.9 Å². The van der Waals surface area contributed by atoms with Gasteiger partial charge in [0.25, 0.3) is 0 Å². The van der Waals surface area contributed by atoms with Crippen LogP contribution in [0.2, 0.25) is 0 Å². The van der Waals surface area contributed by atoms with Crippen molar-refractivity contribution in [3.05, 3.63) is 48.6 Å². The van der Waals surface area contributed by atoms with Crippen LogP contribution < -0.4 is 0 Å². The van der Waals surface area contributed by atoms with E-state index in [4.69, 9.17) is 4.74 Å². The summed E-state index contributed by atoms with van der Waals surface area (Å²) in [4.78, 5) is 35.9. The number of methoxy groups -OCH3 is 1. The van der Waals surface area contributed by atoms with Crippen molar-refractivity contribution in [2.45, 2.75) is 13.8 Å². The molecule has 0 aromatic heterocycles. The smallest absolute Gasteiger partial charge is 0.321 e. The van der Waals surface area contributed by atoms with Crippen LogP contribution >= 0.6 is 0 Å². The van der Waals surface area contributed by atoms with E-state index in [1.807, 2.05) is 0 Å². The molecule has 0 bridgehead atoms.